The number of hydrogen-bond donors (Lipinski definition) is 1. The first-order valence-electron chi connectivity index (χ1n) is 10.8. The fourth-order valence-corrected chi connectivity index (χ4v) is 4.93. The van der Waals surface area contributed by atoms with Crippen LogP contribution in [-0.2, 0) is 6.54 Å². The van der Waals surface area contributed by atoms with Crippen molar-refractivity contribution < 1.29 is 4.42 Å². The van der Waals surface area contributed by atoms with E-state index in [2.05, 4.69) is 76.9 Å². The van der Waals surface area contributed by atoms with E-state index in [0.29, 0.717) is 11.7 Å². The highest BCUT2D eigenvalue weighted by Crippen LogP contribution is 2.43. The van der Waals surface area contributed by atoms with Crippen molar-refractivity contribution in [1.29, 1.82) is 0 Å². The molecule has 6 heteroatoms. The highest BCUT2D eigenvalue weighted by molar-refractivity contribution is 7.80. The molecule has 1 saturated heterocycles. The first-order chi connectivity index (χ1) is 15.5. The van der Waals surface area contributed by atoms with E-state index in [-0.39, 0.29) is 12.1 Å². The molecule has 162 valence electrons. The summed E-state index contributed by atoms with van der Waals surface area (Å²) in [5.74, 6) is 0.940. The van der Waals surface area contributed by atoms with Gasteiger partial charge in [-0.1, -0.05) is 23.8 Å². The molecule has 0 radical (unpaired) electrons. The Hall–Kier alpha value is -3.38. The molecule has 0 spiro atoms. The Labute approximate surface area is 193 Å². The molecule has 0 aliphatic carbocycles. The highest BCUT2D eigenvalue weighted by atomic mass is 32.1. The smallest absolute Gasteiger partial charge is 0.174 e. The van der Waals surface area contributed by atoms with Gasteiger partial charge in [0.2, 0.25) is 0 Å². The molecule has 5 nitrogen and oxygen atoms in total. The van der Waals surface area contributed by atoms with Crippen LogP contribution in [0.2, 0.25) is 0 Å². The summed E-state index contributed by atoms with van der Waals surface area (Å²) < 4.78 is 7.92. The fourth-order valence-electron chi connectivity index (χ4n) is 4.58. The van der Waals surface area contributed by atoms with Crippen molar-refractivity contribution in [2.24, 2.45) is 0 Å². The predicted octanol–water partition coefficient (Wildman–Crippen LogP) is 5.63. The summed E-state index contributed by atoms with van der Waals surface area (Å²) in [6.45, 7) is 7.12. The Morgan fingerprint density at radius 1 is 1.03 bits per heavy atom. The fraction of sp³-hybridized carbons (Fsp3) is 0.231. The van der Waals surface area contributed by atoms with E-state index in [9.17, 15) is 0 Å². The van der Waals surface area contributed by atoms with E-state index >= 15 is 0 Å². The van der Waals surface area contributed by atoms with Crippen LogP contribution in [0.25, 0.3) is 0 Å². The number of thiocarbonyl (C=S) groups is 1. The minimum absolute atomic E-state index is 0.0170. The lowest BCUT2D eigenvalue weighted by atomic mass is 9.96. The summed E-state index contributed by atoms with van der Waals surface area (Å²) in [4.78, 5) is 6.89. The molecule has 1 aromatic carbocycles. The van der Waals surface area contributed by atoms with Gasteiger partial charge in [0, 0.05) is 23.3 Å². The minimum Gasteiger partial charge on any atom is -0.467 e. The largest absolute Gasteiger partial charge is 0.467 e. The van der Waals surface area contributed by atoms with E-state index < -0.39 is 0 Å². The monoisotopic (exact) mass is 442 g/mol. The van der Waals surface area contributed by atoms with Crippen LogP contribution in [0.15, 0.2) is 77.5 Å². The van der Waals surface area contributed by atoms with Crippen LogP contribution in [0, 0.1) is 20.8 Å². The minimum atomic E-state index is -0.0532. The lowest BCUT2D eigenvalue weighted by Gasteiger charge is -2.28. The maximum absolute atomic E-state index is 5.85. The molecule has 1 N–H and O–H groups in total. The molecule has 0 unspecified atom stereocenters. The normalized spacial score (nSPS) is 18.2. The van der Waals surface area contributed by atoms with Crippen LogP contribution < -0.4 is 10.2 Å². The van der Waals surface area contributed by atoms with E-state index in [4.69, 9.17) is 16.6 Å². The summed E-state index contributed by atoms with van der Waals surface area (Å²) in [6, 6.07) is 20.7. The van der Waals surface area contributed by atoms with Gasteiger partial charge in [0.1, 0.15) is 5.76 Å². The second-order valence-corrected chi connectivity index (χ2v) is 8.71. The van der Waals surface area contributed by atoms with Crippen molar-refractivity contribution in [1.82, 2.24) is 14.9 Å². The molecule has 32 heavy (non-hydrogen) atoms. The number of pyridine rings is 1. The van der Waals surface area contributed by atoms with E-state index in [0.717, 1.165) is 17.1 Å². The molecular weight excluding hydrogens is 416 g/mol. The van der Waals surface area contributed by atoms with Crippen LogP contribution in [0.3, 0.4) is 0 Å². The zero-order valence-electron chi connectivity index (χ0n) is 18.4. The number of rotatable bonds is 5. The Morgan fingerprint density at radius 2 is 1.84 bits per heavy atom. The third kappa shape index (κ3) is 3.60. The van der Waals surface area contributed by atoms with Crippen LogP contribution in [0.5, 0.6) is 0 Å². The lowest BCUT2D eigenvalue weighted by molar-refractivity contribution is 0.488. The van der Waals surface area contributed by atoms with Crippen molar-refractivity contribution in [3.63, 3.8) is 0 Å². The highest BCUT2D eigenvalue weighted by Gasteiger charge is 2.42. The first kappa shape index (κ1) is 20.5. The van der Waals surface area contributed by atoms with Gasteiger partial charge in [-0.15, -0.1) is 0 Å². The molecule has 5 rings (SSSR count). The van der Waals surface area contributed by atoms with E-state index in [1.165, 1.54) is 22.5 Å². The number of aryl methyl sites for hydroxylation is 2. The SMILES string of the molecule is Cc1ccc(N2C(=S)N[C@H](c3ccccn3)[C@@H]2c2cc(C)n(Cc3ccco3)c2C)cc1. The van der Waals surface area contributed by atoms with Crippen molar-refractivity contribution >= 4 is 23.0 Å². The third-order valence-electron chi connectivity index (χ3n) is 6.24. The number of hydrogen-bond acceptors (Lipinski definition) is 3. The topological polar surface area (TPSA) is 46.2 Å². The molecule has 3 aromatic heterocycles. The van der Waals surface area contributed by atoms with Gasteiger partial charge in [0.05, 0.1) is 30.6 Å². The second kappa shape index (κ2) is 8.28. The van der Waals surface area contributed by atoms with Crippen LogP contribution in [-0.4, -0.2) is 14.7 Å². The maximum atomic E-state index is 5.85. The zero-order chi connectivity index (χ0) is 22.2. The Bertz CT molecular complexity index is 1230. The van der Waals surface area contributed by atoms with Gasteiger partial charge in [0.15, 0.2) is 5.11 Å². The third-order valence-corrected chi connectivity index (χ3v) is 6.55. The molecule has 0 bridgehead atoms. The molecule has 2 atom stereocenters. The number of nitrogens with zero attached hydrogens (tertiary/aromatic N) is 3. The summed E-state index contributed by atoms with van der Waals surface area (Å²) in [5, 5.41) is 4.26. The number of anilines is 1. The average molecular weight is 443 g/mol. The predicted molar refractivity (Wildman–Crippen MR) is 131 cm³/mol. The zero-order valence-corrected chi connectivity index (χ0v) is 19.3. The number of nitrogens with one attached hydrogen (secondary N) is 1. The van der Waals surface area contributed by atoms with E-state index in [1.54, 1.807) is 6.26 Å². The maximum Gasteiger partial charge on any atom is 0.174 e. The molecule has 0 amide bonds. The molecular formula is C26H26N4OS. The van der Waals surface area contributed by atoms with Crippen LogP contribution >= 0.6 is 12.2 Å². The van der Waals surface area contributed by atoms with E-state index in [1.807, 2.05) is 30.5 Å². The quantitative estimate of drug-likeness (QED) is 0.406. The van der Waals surface area contributed by atoms with Crippen molar-refractivity contribution in [2.75, 3.05) is 4.90 Å². The Morgan fingerprint density at radius 3 is 2.53 bits per heavy atom. The summed E-state index contributed by atoms with van der Waals surface area (Å²) in [7, 11) is 0. The van der Waals surface area contributed by atoms with Gasteiger partial charge in [-0.3, -0.25) is 4.98 Å². The Kier molecular flexibility index (Phi) is 5.31. The van der Waals surface area contributed by atoms with Crippen LogP contribution in [0.1, 0.15) is 46.1 Å². The molecule has 1 fully saturated rings. The standard InChI is InChI=1S/C26H26N4OS/c1-17-9-11-20(12-10-17)30-25(24(28-26(30)32)23-8-4-5-13-27-23)22-15-18(2)29(19(22)3)16-21-7-6-14-31-21/h4-15,24-25H,16H2,1-3H3,(H,28,32)/t24-,25+/m1/s1. The van der Waals surface area contributed by atoms with Crippen molar-refractivity contribution in [3.8, 4) is 0 Å². The molecule has 4 heterocycles. The molecule has 1 aliphatic heterocycles. The van der Waals surface area contributed by atoms with Crippen LogP contribution in [0.4, 0.5) is 5.69 Å². The van der Waals surface area contributed by atoms with Gasteiger partial charge in [-0.05, 0) is 81.0 Å². The first-order valence-corrected chi connectivity index (χ1v) is 11.2. The summed E-state index contributed by atoms with van der Waals surface area (Å²) in [5.41, 5.74) is 6.90. The van der Waals surface area contributed by atoms with Crippen molar-refractivity contribution in [2.45, 2.75) is 39.4 Å². The number of aromatic nitrogens is 2. The summed E-state index contributed by atoms with van der Waals surface area (Å²) >= 11 is 5.85. The summed E-state index contributed by atoms with van der Waals surface area (Å²) in [6.07, 6.45) is 3.56. The van der Waals surface area contributed by atoms with Crippen molar-refractivity contribution in [3.05, 3.63) is 107 Å². The number of benzene rings is 1. The van der Waals surface area contributed by atoms with Gasteiger partial charge < -0.3 is 19.2 Å². The molecule has 4 aromatic rings. The Balaban J connectivity index is 1.62. The van der Waals surface area contributed by atoms with Gasteiger partial charge in [-0.2, -0.15) is 0 Å². The molecule has 1 aliphatic rings. The van der Waals surface area contributed by atoms with Gasteiger partial charge in [-0.25, -0.2) is 0 Å². The lowest BCUT2D eigenvalue weighted by Crippen LogP contribution is -2.29. The second-order valence-electron chi connectivity index (χ2n) is 8.32. The number of furan rings is 1. The average Bonchev–Trinajstić information content (AvgIpc) is 3.50. The van der Waals surface area contributed by atoms with Gasteiger partial charge >= 0.3 is 0 Å². The van der Waals surface area contributed by atoms with Gasteiger partial charge in [0.25, 0.3) is 0 Å². The molecule has 0 saturated carbocycles.